The van der Waals surface area contributed by atoms with Crippen LogP contribution in [0, 0.1) is 0 Å². The molecule has 3 nitrogen and oxygen atoms in total. The fourth-order valence-corrected chi connectivity index (χ4v) is 3.34. The number of nitrogens with one attached hydrogen (secondary N) is 1. The summed E-state index contributed by atoms with van der Waals surface area (Å²) in [5.41, 5.74) is 1.03. The Morgan fingerprint density at radius 3 is 2.81 bits per heavy atom. The van der Waals surface area contributed by atoms with Crippen LogP contribution in [0.5, 0.6) is 5.75 Å². The van der Waals surface area contributed by atoms with E-state index < -0.39 is 0 Å². The lowest BCUT2D eigenvalue weighted by Crippen LogP contribution is -2.23. The van der Waals surface area contributed by atoms with Gasteiger partial charge in [0.15, 0.2) is 0 Å². The van der Waals surface area contributed by atoms with Gasteiger partial charge in [0.05, 0.1) is 18.2 Å². The topological polar surface area (TPSA) is 30.5 Å². The lowest BCUT2D eigenvalue weighted by molar-refractivity contribution is 0.0996. The second-order valence-corrected chi connectivity index (χ2v) is 6.15. The van der Waals surface area contributed by atoms with E-state index in [1.165, 1.54) is 6.42 Å². The summed E-state index contributed by atoms with van der Waals surface area (Å²) in [5.74, 6) is 0.611. The van der Waals surface area contributed by atoms with Crippen LogP contribution in [-0.2, 0) is 4.74 Å². The summed E-state index contributed by atoms with van der Waals surface area (Å²) < 4.78 is 10.9. The summed E-state index contributed by atoms with van der Waals surface area (Å²) in [6, 6.07) is 3.89. The van der Waals surface area contributed by atoms with Gasteiger partial charge in [-0.1, -0.05) is 30.1 Å². The summed E-state index contributed by atoms with van der Waals surface area (Å²) >= 11 is 12.6. The Morgan fingerprint density at radius 2 is 2.19 bits per heavy atom. The molecule has 0 amide bonds. The van der Waals surface area contributed by atoms with Crippen LogP contribution in [0.15, 0.2) is 12.1 Å². The van der Waals surface area contributed by atoms with Gasteiger partial charge >= 0.3 is 0 Å². The quantitative estimate of drug-likeness (QED) is 0.791. The van der Waals surface area contributed by atoms with Crippen molar-refractivity contribution in [2.45, 2.75) is 44.8 Å². The molecule has 1 aromatic carbocycles. The van der Waals surface area contributed by atoms with Crippen molar-refractivity contribution >= 4 is 23.2 Å². The fraction of sp³-hybridized carbons (Fsp3) is 0.625. The number of rotatable bonds is 7. The average molecular weight is 332 g/mol. The van der Waals surface area contributed by atoms with Gasteiger partial charge in [0.2, 0.25) is 0 Å². The molecule has 0 bridgehead atoms. The van der Waals surface area contributed by atoms with Gasteiger partial charge in [-0.05, 0) is 43.9 Å². The van der Waals surface area contributed by atoms with Crippen molar-refractivity contribution in [3.05, 3.63) is 27.7 Å². The molecule has 1 aromatic rings. The third-order valence-corrected chi connectivity index (χ3v) is 4.52. The van der Waals surface area contributed by atoms with Crippen molar-refractivity contribution in [2.24, 2.45) is 0 Å². The van der Waals surface area contributed by atoms with E-state index >= 15 is 0 Å². The molecule has 2 rings (SSSR count). The van der Waals surface area contributed by atoms with Gasteiger partial charge in [0.25, 0.3) is 0 Å². The lowest BCUT2D eigenvalue weighted by atomic mass is 9.99. The second-order valence-electron chi connectivity index (χ2n) is 5.33. The molecule has 0 saturated carbocycles. The van der Waals surface area contributed by atoms with E-state index in [2.05, 4.69) is 12.2 Å². The minimum absolute atomic E-state index is 0.190. The van der Waals surface area contributed by atoms with Crippen molar-refractivity contribution in [1.82, 2.24) is 5.32 Å². The van der Waals surface area contributed by atoms with Crippen LogP contribution in [0.1, 0.15) is 44.2 Å². The molecule has 0 aromatic heterocycles. The highest BCUT2D eigenvalue weighted by Crippen LogP contribution is 2.36. The Morgan fingerprint density at radius 1 is 1.38 bits per heavy atom. The van der Waals surface area contributed by atoms with Crippen LogP contribution in [0.3, 0.4) is 0 Å². The highest BCUT2D eigenvalue weighted by Gasteiger charge is 2.21. The summed E-state index contributed by atoms with van der Waals surface area (Å²) in [6.45, 7) is 3.87. The molecule has 1 aliphatic heterocycles. The number of ether oxygens (including phenoxy) is 2. The molecule has 1 saturated heterocycles. The van der Waals surface area contributed by atoms with Crippen LogP contribution >= 0.6 is 23.2 Å². The molecule has 0 spiro atoms. The molecule has 2 atom stereocenters. The van der Waals surface area contributed by atoms with Crippen LogP contribution < -0.4 is 10.1 Å². The third kappa shape index (κ3) is 4.49. The van der Waals surface area contributed by atoms with Crippen LogP contribution in [0.2, 0.25) is 10.0 Å². The van der Waals surface area contributed by atoms with Gasteiger partial charge in [-0.2, -0.15) is 0 Å². The maximum atomic E-state index is 6.40. The second kappa shape index (κ2) is 8.23. The van der Waals surface area contributed by atoms with Crippen molar-refractivity contribution < 1.29 is 9.47 Å². The number of halogens is 2. The van der Waals surface area contributed by atoms with Gasteiger partial charge < -0.3 is 14.8 Å². The van der Waals surface area contributed by atoms with Gasteiger partial charge in [-0.25, -0.2) is 0 Å². The Hall–Kier alpha value is -0.480. The summed E-state index contributed by atoms with van der Waals surface area (Å²) in [7, 11) is 1.59. The molecule has 118 valence electrons. The largest absolute Gasteiger partial charge is 0.495 e. The fourth-order valence-electron chi connectivity index (χ4n) is 2.81. The maximum absolute atomic E-state index is 6.40. The van der Waals surface area contributed by atoms with Gasteiger partial charge in [-0.15, -0.1) is 0 Å². The van der Waals surface area contributed by atoms with Crippen molar-refractivity contribution in [3.8, 4) is 5.75 Å². The zero-order valence-corrected chi connectivity index (χ0v) is 14.1. The number of benzene rings is 1. The Kier molecular flexibility index (Phi) is 6.62. The number of methoxy groups -OCH3 is 1. The van der Waals surface area contributed by atoms with Crippen molar-refractivity contribution in [2.75, 3.05) is 20.3 Å². The summed E-state index contributed by atoms with van der Waals surface area (Å²) in [6.07, 6.45) is 4.75. The molecule has 0 radical (unpaired) electrons. The highest BCUT2D eigenvalue weighted by atomic mass is 35.5. The molecule has 0 aliphatic carbocycles. The molecule has 21 heavy (non-hydrogen) atoms. The molecule has 2 unspecified atom stereocenters. The minimum Gasteiger partial charge on any atom is -0.495 e. The summed E-state index contributed by atoms with van der Waals surface area (Å²) in [4.78, 5) is 0. The number of hydrogen-bond donors (Lipinski definition) is 1. The predicted octanol–water partition coefficient (Wildman–Crippen LogP) is 4.61. The Labute approximate surface area is 136 Å². The van der Waals surface area contributed by atoms with E-state index in [1.54, 1.807) is 13.2 Å². The monoisotopic (exact) mass is 331 g/mol. The minimum atomic E-state index is 0.190. The van der Waals surface area contributed by atoms with E-state index in [0.29, 0.717) is 21.9 Å². The first-order valence-corrected chi connectivity index (χ1v) is 8.29. The Balaban J connectivity index is 2.10. The van der Waals surface area contributed by atoms with E-state index in [0.717, 1.165) is 38.0 Å². The van der Waals surface area contributed by atoms with Crippen LogP contribution in [0.25, 0.3) is 0 Å². The van der Waals surface area contributed by atoms with Crippen molar-refractivity contribution in [3.63, 3.8) is 0 Å². The highest BCUT2D eigenvalue weighted by molar-refractivity contribution is 6.34. The van der Waals surface area contributed by atoms with E-state index in [-0.39, 0.29) is 6.04 Å². The lowest BCUT2D eigenvalue weighted by Gasteiger charge is -2.22. The first-order valence-electron chi connectivity index (χ1n) is 7.53. The van der Waals surface area contributed by atoms with Crippen LogP contribution in [-0.4, -0.2) is 26.4 Å². The van der Waals surface area contributed by atoms with Gasteiger partial charge in [0, 0.05) is 23.7 Å². The smallest absolute Gasteiger partial charge is 0.138 e. The summed E-state index contributed by atoms with van der Waals surface area (Å²) in [5, 5.41) is 4.77. The molecule has 1 N–H and O–H groups in total. The Bertz CT molecular complexity index is 462. The zero-order chi connectivity index (χ0) is 15.2. The molecular formula is C16H23Cl2NO2. The molecule has 1 heterocycles. The average Bonchev–Trinajstić information content (AvgIpc) is 2.99. The van der Waals surface area contributed by atoms with E-state index in [1.807, 2.05) is 6.07 Å². The zero-order valence-electron chi connectivity index (χ0n) is 12.6. The predicted molar refractivity (Wildman–Crippen MR) is 87.6 cm³/mol. The van der Waals surface area contributed by atoms with Gasteiger partial charge in [0.1, 0.15) is 5.75 Å². The normalized spacial score (nSPS) is 19.7. The van der Waals surface area contributed by atoms with Gasteiger partial charge in [-0.3, -0.25) is 0 Å². The first-order chi connectivity index (χ1) is 10.2. The molecule has 5 heteroatoms. The third-order valence-electron chi connectivity index (χ3n) is 3.90. The van der Waals surface area contributed by atoms with E-state index in [9.17, 15) is 0 Å². The molecule has 1 fully saturated rings. The first kappa shape index (κ1) is 16.9. The number of hydrogen-bond acceptors (Lipinski definition) is 3. The molecule has 1 aliphatic rings. The van der Waals surface area contributed by atoms with E-state index in [4.69, 9.17) is 32.7 Å². The maximum Gasteiger partial charge on any atom is 0.138 e. The standard InChI is InChI=1S/C16H23Cl2NO2/c1-3-19-15(7-6-11-5-4-8-21-11)12-9-14(18)16(20-2)10-13(12)17/h9-11,15,19H,3-8H2,1-2H3. The molecular weight excluding hydrogens is 309 g/mol. The van der Waals surface area contributed by atoms with Crippen molar-refractivity contribution in [1.29, 1.82) is 0 Å². The van der Waals surface area contributed by atoms with Crippen LogP contribution in [0.4, 0.5) is 0 Å². The SMILES string of the molecule is CCNC(CCC1CCCO1)c1cc(Cl)c(OC)cc1Cl.